The van der Waals surface area contributed by atoms with E-state index < -0.39 is 83.9 Å². The minimum atomic E-state index is -1.47. The fourth-order valence-corrected chi connectivity index (χ4v) is 8.03. The molecular formula is C39H50N8O8. The van der Waals surface area contributed by atoms with Crippen LogP contribution >= 0.6 is 0 Å². The summed E-state index contributed by atoms with van der Waals surface area (Å²) < 4.78 is 5.94. The van der Waals surface area contributed by atoms with Gasteiger partial charge in [0.25, 0.3) is 0 Å². The highest BCUT2D eigenvalue weighted by atomic mass is 16.5. The van der Waals surface area contributed by atoms with Crippen LogP contribution in [-0.4, -0.2) is 123 Å². The zero-order valence-electron chi connectivity index (χ0n) is 31.4. The molecule has 8 atom stereocenters. The van der Waals surface area contributed by atoms with Crippen molar-refractivity contribution < 1.29 is 38.3 Å². The van der Waals surface area contributed by atoms with Crippen LogP contribution in [0.15, 0.2) is 54.7 Å². The van der Waals surface area contributed by atoms with Gasteiger partial charge in [-0.2, -0.15) is 0 Å². The van der Waals surface area contributed by atoms with Crippen LogP contribution in [0.5, 0.6) is 0 Å². The second-order valence-corrected chi connectivity index (χ2v) is 15.0. The second-order valence-electron chi connectivity index (χ2n) is 15.0. The molecule has 1 aromatic carbocycles. The number of fused-ring (bicyclic) bond motifs is 3. The van der Waals surface area contributed by atoms with Crippen LogP contribution in [0.4, 0.5) is 10.6 Å². The number of hydrogen-bond acceptors (Lipinski definition) is 9. The molecule has 0 aliphatic carbocycles. The zero-order chi connectivity index (χ0) is 39.2. The van der Waals surface area contributed by atoms with Crippen molar-refractivity contribution in [3.05, 3.63) is 60.3 Å². The number of anilines is 1. The molecule has 0 saturated carbocycles. The van der Waals surface area contributed by atoms with E-state index in [1.165, 1.54) is 27.8 Å². The van der Waals surface area contributed by atoms with Crippen molar-refractivity contribution in [3.63, 3.8) is 0 Å². The number of rotatable bonds is 6. The lowest BCUT2D eigenvalue weighted by Crippen LogP contribution is -2.63. The van der Waals surface area contributed by atoms with Gasteiger partial charge in [-0.05, 0) is 76.0 Å². The summed E-state index contributed by atoms with van der Waals surface area (Å²) in [4.78, 5) is 106. The van der Waals surface area contributed by atoms with Crippen molar-refractivity contribution in [2.24, 2.45) is 5.92 Å². The number of piperidine rings is 1. The first-order chi connectivity index (χ1) is 26.4. The first-order valence-electron chi connectivity index (χ1n) is 19.2. The standard InChI is InChI=1S/C39H50N8O8/c1-23-20-30-38(53)55-25(3)32(44-33(48)27(21-26-12-5-4-6-13-26)42-39(54)43-31-16-7-9-17-40-31)37(52)46-19-11-15-29(46)36(51)45-18-10-8-14-28(45)34(49)41-24(2)35(50)47(30)22-23/h4-7,9,12-13,16-17,23-25,27-30,32H,8,10-11,14-15,18-22H2,1-3H3,(H,41,49)(H,44,48)(H2,40,42,43,54)/t23-,24+,25?,27+,28+,29+,30+,32+/m1/s1. The van der Waals surface area contributed by atoms with E-state index in [4.69, 9.17) is 4.74 Å². The lowest BCUT2D eigenvalue weighted by Gasteiger charge is -2.39. The third kappa shape index (κ3) is 9.06. The minimum absolute atomic E-state index is 0.0514. The van der Waals surface area contributed by atoms with Crippen LogP contribution in [0.1, 0.15) is 64.9 Å². The number of amides is 7. The van der Waals surface area contributed by atoms with E-state index in [2.05, 4.69) is 26.3 Å². The van der Waals surface area contributed by atoms with Gasteiger partial charge in [-0.1, -0.05) is 43.3 Å². The summed E-state index contributed by atoms with van der Waals surface area (Å²) in [7, 11) is 0. The monoisotopic (exact) mass is 758 g/mol. The van der Waals surface area contributed by atoms with E-state index in [9.17, 15) is 33.6 Å². The van der Waals surface area contributed by atoms with E-state index >= 15 is 0 Å². The number of pyridine rings is 1. The Bertz CT molecular complexity index is 1760. The third-order valence-electron chi connectivity index (χ3n) is 10.9. The first-order valence-corrected chi connectivity index (χ1v) is 19.2. The Morgan fingerprint density at radius 1 is 0.836 bits per heavy atom. The number of urea groups is 1. The molecule has 4 aliphatic rings. The van der Waals surface area contributed by atoms with Crippen LogP contribution in [0.3, 0.4) is 0 Å². The fourth-order valence-electron chi connectivity index (χ4n) is 8.03. The van der Waals surface area contributed by atoms with E-state index in [1.807, 2.05) is 13.0 Å². The molecule has 4 N–H and O–H groups in total. The first kappa shape index (κ1) is 39.2. The highest BCUT2D eigenvalue weighted by Gasteiger charge is 2.47. The molecule has 4 aliphatic heterocycles. The zero-order valence-corrected chi connectivity index (χ0v) is 31.4. The van der Waals surface area contributed by atoms with Crippen molar-refractivity contribution in [1.82, 2.24) is 35.6 Å². The molecule has 2 aromatic rings. The van der Waals surface area contributed by atoms with Gasteiger partial charge in [0.15, 0.2) is 0 Å². The number of cyclic esters (lactones) is 1. The van der Waals surface area contributed by atoms with Crippen molar-refractivity contribution in [3.8, 4) is 0 Å². The van der Waals surface area contributed by atoms with Gasteiger partial charge in [-0.15, -0.1) is 0 Å². The van der Waals surface area contributed by atoms with Crippen LogP contribution in [-0.2, 0) is 39.9 Å². The van der Waals surface area contributed by atoms with E-state index in [0.717, 1.165) is 5.56 Å². The Labute approximate surface area is 320 Å². The SMILES string of the molecule is CC1OC(=O)[C@@H]2C[C@@H](C)CN2C(=O)[C@H](C)NC(=O)[C@@H]2CCCCN2C(=O)[C@@H]2CCCN2C(=O)[C@H]1NC(=O)[C@H](Cc1ccccc1)NC(=O)Nc1ccccn1. The predicted molar refractivity (Wildman–Crippen MR) is 199 cm³/mol. The molecule has 7 amide bonds. The topological polar surface area (TPSA) is 199 Å². The number of carbonyl (C=O) groups excluding carboxylic acids is 7. The predicted octanol–water partition coefficient (Wildman–Crippen LogP) is 1.36. The molecule has 4 fully saturated rings. The van der Waals surface area contributed by atoms with E-state index in [0.29, 0.717) is 45.1 Å². The summed E-state index contributed by atoms with van der Waals surface area (Å²) in [6.45, 7) is 5.71. The lowest BCUT2D eigenvalue weighted by atomic mass is 9.99. The van der Waals surface area contributed by atoms with Crippen molar-refractivity contribution in [2.75, 3.05) is 25.0 Å². The van der Waals surface area contributed by atoms with Gasteiger partial charge in [0.05, 0.1) is 0 Å². The van der Waals surface area contributed by atoms with E-state index in [1.54, 1.807) is 49.4 Å². The normalized spacial score (nSPS) is 28.3. The molecule has 4 saturated heterocycles. The molecule has 16 nitrogen and oxygen atoms in total. The Morgan fingerprint density at radius 2 is 1.55 bits per heavy atom. The summed E-state index contributed by atoms with van der Waals surface area (Å²) >= 11 is 0. The molecule has 0 spiro atoms. The third-order valence-corrected chi connectivity index (χ3v) is 10.9. The molecule has 1 aromatic heterocycles. The quantitative estimate of drug-likeness (QED) is 0.314. The number of carbonyl (C=O) groups is 7. The summed E-state index contributed by atoms with van der Waals surface area (Å²) in [5.74, 6) is -3.26. The number of ether oxygens (including phenoxy) is 1. The fraction of sp³-hybridized carbons (Fsp3) is 0.538. The molecule has 1 unspecified atom stereocenters. The number of benzene rings is 1. The van der Waals surface area contributed by atoms with Gasteiger partial charge in [0.2, 0.25) is 29.5 Å². The number of nitrogens with one attached hydrogen (secondary N) is 4. The summed E-state index contributed by atoms with van der Waals surface area (Å²) in [6, 6.07) is 6.88. The number of nitrogens with zero attached hydrogens (tertiary/aromatic N) is 4. The molecule has 55 heavy (non-hydrogen) atoms. The van der Waals surface area contributed by atoms with E-state index in [-0.39, 0.29) is 31.2 Å². The maximum atomic E-state index is 14.7. The van der Waals surface area contributed by atoms with Crippen LogP contribution < -0.4 is 21.3 Å². The average molecular weight is 759 g/mol. The van der Waals surface area contributed by atoms with Gasteiger partial charge in [-0.3, -0.25) is 29.3 Å². The van der Waals surface area contributed by atoms with Crippen molar-refractivity contribution in [2.45, 2.75) is 108 Å². The average Bonchev–Trinajstić information content (AvgIpc) is 3.83. The Balaban J connectivity index is 1.32. The Morgan fingerprint density at radius 3 is 2.29 bits per heavy atom. The minimum Gasteiger partial charge on any atom is -0.458 e. The highest BCUT2D eigenvalue weighted by Crippen LogP contribution is 2.28. The molecule has 6 rings (SSSR count). The molecule has 0 bridgehead atoms. The van der Waals surface area contributed by atoms with Crippen LogP contribution in [0.2, 0.25) is 0 Å². The highest BCUT2D eigenvalue weighted by molar-refractivity contribution is 5.98. The molecule has 0 radical (unpaired) electrons. The van der Waals surface area contributed by atoms with Crippen LogP contribution in [0, 0.1) is 5.92 Å². The second kappa shape index (κ2) is 17.3. The number of esters is 1. The maximum absolute atomic E-state index is 14.7. The maximum Gasteiger partial charge on any atom is 0.329 e. The van der Waals surface area contributed by atoms with Gasteiger partial charge < -0.3 is 35.4 Å². The van der Waals surface area contributed by atoms with Gasteiger partial charge >= 0.3 is 12.0 Å². The van der Waals surface area contributed by atoms with Crippen molar-refractivity contribution in [1.29, 1.82) is 0 Å². The van der Waals surface area contributed by atoms with Crippen molar-refractivity contribution >= 4 is 47.4 Å². The summed E-state index contributed by atoms with van der Waals surface area (Å²) in [5, 5.41) is 10.9. The molecule has 294 valence electrons. The Kier molecular flexibility index (Phi) is 12.3. The molecule has 16 heteroatoms. The molecular weight excluding hydrogens is 708 g/mol. The molecule has 5 heterocycles. The van der Waals surface area contributed by atoms with Gasteiger partial charge in [0, 0.05) is 32.3 Å². The van der Waals surface area contributed by atoms with Crippen LogP contribution in [0.25, 0.3) is 0 Å². The van der Waals surface area contributed by atoms with Gasteiger partial charge in [0.1, 0.15) is 48.2 Å². The number of hydrogen-bond donors (Lipinski definition) is 4. The largest absolute Gasteiger partial charge is 0.458 e. The van der Waals surface area contributed by atoms with Gasteiger partial charge in [-0.25, -0.2) is 14.6 Å². The Hall–Kier alpha value is -5.54. The summed E-state index contributed by atoms with van der Waals surface area (Å²) in [6.07, 6.45) is 3.22. The lowest BCUT2D eigenvalue weighted by molar-refractivity contribution is -0.163. The number of aromatic nitrogens is 1. The smallest absolute Gasteiger partial charge is 0.329 e. The summed E-state index contributed by atoms with van der Waals surface area (Å²) in [5.41, 5.74) is 0.726.